The van der Waals surface area contributed by atoms with E-state index in [1.54, 1.807) is 6.20 Å². The number of carbonyl (C=O) groups is 1. The molecule has 3 aromatic rings. The number of aromatic nitrogens is 3. The molecular formula is C18H19N3O2. The van der Waals surface area contributed by atoms with Crippen LogP contribution < -0.4 is 0 Å². The number of aromatic amines is 1. The van der Waals surface area contributed by atoms with Gasteiger partial charge in [0.25, 0.3) is 0 Å². The van der Waals surface area contributed by atoms with Crippen molar-refractivity contribution in [1.82, 2.24) is 15.0 Å². The number of ketones is 1. The maximum atomic E-state index is 12.5. The quantitative estimate of drug-likeness (QED) is 0.728. The molecule has 1 atom stereocenters. The van der Waals surface area contributed by atoms with Gasteiger partial charge in [-0.3, -0.25) is 4.79 Å². The molecule has 118 valence electrons. The number of carbonyl (C=O) groups excluding carboxylic acids is 1. The van der Waals surface area contributed by atoms with Crippen molar-refractivity contribution in [1.29, 1.82) is 0 Å². The summed E-state index contributed by atoms with van der Waals surface area (Å²) in [5.41, 5.74) is 2.19. The zero-order valence-electron chi connectivity index (χ0n) is 13.4. The monoisotopic (exact) mass is 309 g/mol. The SMILES string of the molecule is CC(C)(C)C(=O)c1c[nH]c2ncc(C(O)c3ccccc3)nc12. The molecular weight excluding hydrogens is 290 g/mol. The van der Waals surface area contributed by atoms with Crippen LogP contribution in [0.2, 0.25) is 0 Å². The van der Waals surface area contributed by atoms with Crippen molar-refractivity contribution >= 4 is 16.9 Å². The topological polar surface area (TPSA) is 78.9 Å². The van der Waals surface area contributed by atoms with Crippen molar-refractivity contribution in [3.05, 3.63) is 59.5 Å². The van der Waals surface area contributed by atoms with E-state index in [0.29, 0.717) is 22.4 Å². The highest BCUT2D eigenvalue weighted by atomic mass is 16.3. The van der Waals surface area contributed by atoms with Crippen LogP contribution in [0.4, 0.5) is 0 Å². The number of fused-ring (bicyclic) bond motifs is 1. The lowest BCUT2D eigenvalue weighted by atomic mass is 9.87. The van der Waals surface area contributed by atoms with Crippen LogP contribution in [0.15, 0.2) is 42.7 Å². The standard InChI is InChI=1S/C18H19N3O2/c1-18(2,3)16(23)12-9-19-17-14(12)21-13(10-20-17)15(22)11-7-5-4-6-8-11/h4-10,15,22H,1-3H3,(H,19,20). The molecule has 0 fully saturated rings. The minimum absolute atomic E-state index is 0.00981. The van der Waals surface area contributed by atoms with Crippen LogP contribution in [0, 0.1) is 5.41 Å². The molecule has 5 heteroatoms. The van der Waals surface area contributed by atoms with Gasteiger partial charge in [-0.25, -0.2) is 9.97 Å². The van der Waals surface area contributed by atoms with Crippen molar-refractivity contribution in [2.45, 2.75) is 26.9 Å². The summed E-state index contributed by atoms with van der Waals surface area (Å²) in [5, 5.41) is 10.5. The first kappa shape index (κ1) is 15.4. The zero-order chi connectivity index (χ0) is 16.6. The third-order valence-electron chi connectivity index (χ3n) is 3.72. The summed E-state index contributed by atoms with van der Waals surface area (Å²) in [4.78, 5) is 24.3. The van der Waals surface area contributed by atoms with Crippen molar-refractivity contribution in [2.75, 3.05) is 0 Å². The van der Waals surface area contributed by atoms with Gasteiger partial charge in [0, 0.05) is 11.6 Å². The van der Waals surface area contributed by atoms with Crippen molar-refractivity contribution in [3.8, 4) is 0 Å². The van der Waals surface area contributed by atoms with Gasteiger partial charge in [0.1, 0.15) is 11.6 Å². The van der Waals surface area contributed by atoms with E-state index >= 15 is 0 Å². The normalized spacial score (nSPS) is 13.2. The van der Waals surface area contributed by atoms with E-state index in [1.165, 1.54) is 6.20 Å². The predicted molar refractivity (Wildman–Crippen MR) is 88.2 cm³/mol. The molecule has 0 saturated heterocycles. The van der Waals surface area contributed by atoms with Crippen LogP contribution in [-0.2, 0) is 0 Å². The first-order chi connectivity index (χ1) is 10.9. The van der Waals surface area contributed by atoms with Crippen LogP contribution in [0.25, 0.3) is 11.2 Å². The fraction of sp³-hybridized carbons (Fsp3) is 0.278. The van der Waals surface area contributed by atoms with Crippen LogP contribution >= 0.6 is 0 Å². The Labute approximate surface area is 134 Å². The minimum atomic E-state index is -0.874. The second-order valence-corrected chi connectivity index (χ2v) is 6.59. The number of hydrogen-bond acceptors (Lipinski definition) is 4. The van der Waals surface area contributed by atoms with Gasteiger partial charge in [-0.05, 0) is 5.56 Å². The molecule has 1 aromatic carbocycles. The first-order valence-electron chi connectivity index (χ1n) is 7.50. The van der Waals surface area contributed by atoms with Gasteiger partial charge in [-0.15, -0.1) is 0 Å². The fourth-order valence-electron chi connectivity index (χ4n) is 2.42. The van der Waals surface area contributed by atoms with Gasteiger partial charge in [0.05, 0.1) is 17.5 Å². The summed E-state index contributed by atoms with van der Waals surface area (Å²) in [6.07, 6.45) is 2.29. The van der Waals surface area contributed by atoms with E-state index in [4.69, 9.17) is 0 Å². The summed E-state index contributed by atoms with van der Waals surface area (Å²) in [6, 6.07) is 9.26. The summed E-state index contributed by atoms with van der Waals surface area (Å²) >= 11 is 0. The summed E-state index contributed by atoms with van der Waals surface area (Å²) in [5.74, 6) is -0.00981. The van der Waals surface area contributed by atoms with Crippen LogP contribution in [0.3, 0.4) is 0 Å². The van der Waals surface area contributed by atoms with E-state index in [9.17, 15) is 9.90 Å². The Hall–Kier alpha value is -2.53. The number of H-pyrrole nitrogens is 1. The molecule has 2 heterocycles. The molecule has 23 heavy (non-hydrogen) atoms. The molecule has 1 unspecified atom stereocenters. The second kappa shape index (κ2) is 5.59. The highest BCUT2D eigenvalue weighted by Gasteiger charge is 2.26. The zero-order valence-corrected chi connectivity index (χ0v) is 13.4. The fourth-order valence-corrected chi connectivity index (χ4v) is 2.42. The number of nitrogens with zero attached hydrogens (tertiary/aromatic N) is 2. The number of nitrogens with one attached hydrogen (secondary N) is 1. The average Bonchev–Trinajstić information content (AvgIpc) is 2.96. The predicted octanol–water partition coefficient (Wildman–Crippen LogP) is 3.27. The Morgan fingerprint density at radius 1 is 1.22 bits per heavy atom. The molecule has 3 rings (SSSR count). The van der Waals surface area contributed by atoms with E-state index in [-0.39, 0.29) is 5.78 Å². The number of rotatable bonds is 3. The molecule has 0 radical (unpaired) electrons. The van der Waals surface area contributed by atoms with E-state index in [1.807, 2.05) is 51.1 Å². The third-order valence-corrected chi connectivity index (χ3v) is 3.72. The molecule has 0 spiro atoms. The van der Waals surface area contributed by atoms with E-state index in [0.717, 1.165) is 5.56 Å². The van der Waals surface area contributed by atoms with E-state index in [2.05, 4.69) is 15.0 Å². The second-order valence-electron chi connectivity index (χ2n) is 6.59. The molecule has 2 N–H and O–H groups in total. The van der Waals surface area contributed by atoms with Gasteiger partial charge in [-0.2, -0.15) is 0 Å². The molecule has 0 amide bonds. The summed E-state index contributed by atoms with van der Waals surface area (Å²) in [6.45, 7) is 5.60. The Morgan fingerprint density at radius 3 is 2.57 bits per heavy atom. The van der Waals surface area contributed by atoms with Gasteiger partial charge in [0.15, 0.2) is 11.4 Å². The Balaban J connectivity index is 2.06. The molecule has 0 saturated carbocycles. The molecule has 5 nitrogen and oxygen atoms in total. The smallest absolute Gasteiger partial charge is 0.171 e. The largest absolute Gasteiger partial charge is 0.382 e. The number of Topliss-reactive ketones (excluding diaryl/α,β-unsaturated/α-hetero) is 1. The molecule has 0 aliphatic heterocycles. The number of hydrogen-bond donors (Lipinski definition) is 2. The van der Waals surface area contributed by atoms with Gasteiger partial charge < -0.3 is 10.1 Å². The van der Waals surface area contributed by atoms with Crippen LogP contribution in [0.5, 0.6) is 0 Å². The van der Waals surface area contributed by atoms with Crippen molar-refractivity contribution in [3.63, 3.8) is 0 Å². The third kappa shape index (κ3) is 2.87. The van der Waals surface area contributed by atoms with E-state index < -0.39 is 11.5 Å². The maximum Gasteiger partial charge on any atom is 0.171 e. The molecule has 0 bridgehead atoms. The maximum absolute atomic E-state index is 12.5. The van der Waals surface area contributed by atoms with Crippen LogP contribution in [0.1, 0.15) is 48.5 Å². The highest BCUT2D eigenvalue weighted by molar-refractivity contribution is 6.08. The molecule has 0 aliphatic rings. The minimum Gasteiger partial charge on any atom is -0.382 e. The Bertz CT molecular complexity index is 848. The van der Waals surface area contributed by atoms with Crippen molar-refractivity contribution in [2.24, 2.45) is 5.41 Å². The lowest BCUT2D eigenvalue weighted by Crippen LogP contribution is -2.20. The number of aliphatic hydroxyl groups is 1. The van der Waals surface area contributed by atoms with Gasteiger partial charge in [0.2, 0.25) is 0 Å². The lowest BCUT2D eigenvalue weighted by Gasteiger charge is -2.15. The average molecular weight is 309 g/mol. The van der Waals surface area contributed by atoms with Gasteiger partial charge in [-0.1, -0.05) is 51.1 Å². The first-order valence-corrected chi connectivity index (χ1v) is 7.50. The Morgan fingerprint density at radius 2 is 1.91 bits per heavy atom. The number of aliphatic hydroxyl groups excluding tert-OH is 1. The van der Waals surface area contributed by atoms with Crippen molar-refractivity contribution < 1.29 is 9.90 Å². The van der Waals surface area contributed by atoms with Gasteiger partial charge >= 0.3 is 0 Å². The molecule has 2 aromatic heterocycles. The summed E-state index contributed by atoms with van der Waals surface area (Å²) < 4.78 is 0. The highest BCUT2D eigenvalue weighted by Crippen LogP contribution is 2.27. The number of benzene rings is 1. The van der Waals surface area contributed by atoms with Crippen LogP contribution in [-0.4, -0.2) is 25.8 Å². The molecule has 0 aliphatic carbocycles. The lowest BCUT2D eigenvalue weighted by molar-refractivity contribution is 0.0860. The Kier molecular flexibility index (Phi) is 3.74. The summed E-state index contributed by atoms with van der Waals surface area (Å²) in [7, 11) is 0.